The van der Waals surface area contributed by atoms with Gasteiger partial charge in [0, 0.05) is 18.5 Å². The van der Waals surface area contributed by atoms with Crippen molar-refractivity contribution in [2.75, 3.05) is 30.8 Å². The molecule has 1 fully saturated rings. The number of nitrogens with one attached hydrogen (secondary N) is 3. The van der Waals surface area contributed by atoms with Crippen LogP contribution < -0.4 is 16.0 Å². The molecule has 0 saturated carbocycles. The van der Waals surface area contributed by atoms with E-state index >= 15 is 0 Å². The second-order valence-electron chi connectivity index (χ2n) is 6.23. The number of carbonyl (C=O) groups excluding carboxylic acids is 2. The van der Waals surface area contributed by atoms with Gasteiger partial charge in [0.25, 0.3) is 11.8 Å². The lowest BCUT2D eigenvalue weighted by atomic mass is 9.91. The normalized spacial score (nSPS) is 16.1. The Morgan fingerprint density at radius 3 is 2.31 bits per heavy atom. The van der Waals surface area contributed by atoms with Gasteiger partial charge in [-0.15, -0.1) is 0 Å². The zero-order valence-corrected chi connectivity index (χ0v) is 14.8. The first-order valence-corrected chi connectivity index (χ1v) is 8.44. The van der Waals surface area contributed by atoms with E-state index in [1.165, 1.54) is 6.20 Å². The van der Waals surface area contributed by atoms with Crippen LogP contribution in [0, 0.1) is 6.92 Å². The van der Waals surface area contributed by atoms with Crippen LogP contribution in [0.4, 0.5) is 11.4 Å². The number of nitrogens with zero attached hydrogens (tertiary/aromatic N) is 1. The molecule has 1 aliphatic heterocycles. The summed E-state index contributed by atoms with van der Waals surface area (Å²) in [7, 11) is 1.57. The molecule has 0 bridgehead atoms. The number of hydrogen-bond donors (Lipinski definition) is 3. The Morgan fingerprint density at radius 1 is 1.15 bits per heavy atom. The monoisotopic (exact) mass is 358 g/mol. The van der Waals surface area contributed by atoms with E-state index in [0.29, 0.717) is 35.5 Å². The van der Waals surface area contributed by atoms with Gasteiger partial charge in [-0.1, -0.05) is 5.16 Å². The Labute approximate surface area is 151 Å². The Balaban J connectivity index is 1.63. The van der Waals surface area contributed by atoms with E-state index in [1.807, 2.05) is 0 Å². The molecule has 0 unspecified atom stereocenters. The molecule has 8 heteroatoms. The van der Waals surface area contributed by atoms with E-state index in [4.69, 9.17) is 9.26 Å². The minimum atomic E-state index is -0.802. The smallest absolute Gasteiger partial charge is 0.260 e. The molecule has 0 spiro atoms. The minimum absolute atomic E-state index is 0.154. The Kier molecular flexibility index (Phi) is 5.34. The molecule has 2 amide bonds. The molecule has 0 aliphatic carbocycles. The fraction of sp³-hybridized carbons (Fsp3) is 0.389. The quantitative estimate of drug-likeness (QED) is 0.754. The number of aromatic nitrogens is 1. The number of anilines is 2. The van der Waals surface area contributed by atoms with Crippen LogP contribution in [-0.4, -0.2) is 42.8 Å². The number of ether oxygens (including phenoxy) is 1. The number of piperidine rings is 1. The van der Waals surface area contributed by atoms with Gasteiger partial charge in [0.2, 0.25) is 0 Å². The van der Waals surface area contributed by atoms with E-state index in [0.717, 1.165) is 13.1 Å². The number of carbonyl (C=O) groups is 2. The van der Waals surface area contributed by atoms with Crippen molar-refractivity contribution in [2.24, 2.45) is 0 Å². The van der Waals surface area contributed by atoms with Crippen molar-refractivity contribution in [3.05, 3.63) is 41.8 Å². The largest absolute Gasteiger partial charge is 0.368 e. The molecular weight excluding hydrogens is 336 g/mol. The topological polar surface area (TPSA) is 105 Å². The summed E-state index contributed by atoms with van der Waals surface area (Å²) < 4.78 is 10.4. The summed E-state index contributed by atoms with van der Waals surface area (Å²) in [6.45, 7) is 3.16. The Morgan fingerprint density at radius 2 is 1.77 bits per heavy atom. The lowest BCUT2D eigenvalue weighted by Crippen LogP contribution is -2.51. The average molecular weight is 358 g/mol. The third kappa shape index (κ3) is 3.76. The maximum absolute atomic E-state index is 12.6. The summed E-state index contributed by atoms with van der Waals surface area (Å²) in [4.78, 5) is 24.8. The van der Waals surface area contributed by atoms with Gasteiger partial charge < -0.3 is 25.2 Å². The number of rotatable bonds is 5. The van der Waals surface area contributed by atoms with E-state index in [2.05, 4.69) is 21.1 Å². The third-order valence-corrected chi connectivity index (χ3v) is 4.61. The van der Waals surface area contributed by atoms with Gasteiger partial charge in [-0.05, 0) is 57.1 Å². The van der Waals surface area contributed by atoms with Crippen LogP contribution in [0.1, 0.15) is 29.0 Å². The molecule has 1 aliphatic rings. The number of amides is 2. The molecule has 3 N–H and O–H groups in total. The average Bonchev–Trinajstić information content (AvgIpc) is 3.10. The number of hydrogen-bond acceptors (Lipinski definition) is 6. The fourth-order valence-electron chi connectivity index (χ4n) is 2.95. The maximum atomic E-state index is 12.6. The molecular formula is C18H22N4O4. The molecule has 2 aromatic rings. The minimum Gasteiger partial charge on any atom is -0.368 e. The number of aryl methyl sites for hydroxylation is 1. The van der Waals surface area contributed by atoms with Crippen molar-refractivity contribution >= 4 is 23.2 Å². The van der Waals surface area contributed by atoms with Crippen LogP contribution >= 0.6 is 0 Å². The fourth-order valence-corrected chi connectivity index (χ4v) is 2.95. The van der Waals surface area contributed by atoms with E-state index in [-0.39, 0.29) is 11.8 Å². The van der Waals surface area contributed by atoms with Gasteiger partial charge in [0.05, 0.1) is 6.20 Å². The standard InChI is InChI=1S/C18H22N4O4/c1-12-15(11-20-26-12)16(23)21-13-3-5-14(6-4-13)22-17(24)18(25-2)7-9-19-10-8-18/h3-6,11,19H,7-10H2,1-2H3,(H,21,23)(H,22,24). The second-order valence-corrected chi connectivity index (χ2v) is 6.23. The van der Waals surface area contributed by atoms with Gasteiger partial charge >= 0.3 is 0 Å². The molecule has 1 saturated heterocycles. The van der Waals surface area contributed by atoms with Crippen LogP contribution in [0.25, 0.3) is 0 Å². The molecule has 138 valence electrons. The SMILES string of the molecule is COC1(C(=O)Nc2ccc(NC(=O)c3cnoc3C)cc2)CCNCC1. The van der Waals surface area contributed by atoms with Gasteiger partial charge in [-0.3, -0.25) is 9.59 Å². The van der Waals surface area contributed by atoms with E-state index in [1.54, 1.807) is 38.3 Å². The van der Waals surface area contributed by atoms with E-state index < -0.39 is 5.60 Å². The molecule has 1 aromatic heterocycles. The predicted molar refractivity (Wildman–Crippen MR) is 96.1 cm³/mol. The van der Waals surface area contributed by atoms with Crippen LogP contribution in [0.2, 0.25) is 0 Å². The number of methoxy groups -OCH3 is 1. The molecule has 2 heterocycles. The zero-order valence-electron chi connectivity index (χ0n) is 14.8. The molecule has 26 heavy (non-hydrogen) atoms. The molecule has 3 rings (SSSR count). The molecule has 0 radical (unpaired) electrons. The first-order valence-electron chi connectivity index (χ1n) is 8.44. The van der Waals surface area contributed by atoms with Crippen molar-refractivity contribution < 1.29 is 18.8 Å². The van der Waals surface area contributed by atoms with E-state index in [9.17, 15) is 9.59 Å². The summed E-state index contributed by atoms with van der Waals surface area (Å²) in [5, 5.41) is 12.5. The highest BCUT2D eigenvalue weighted by Crippen LogP contribution is 2.25. The highest BCUT2D eigenvalue weighted by atomic mass is 16.5. The van der Waals surface area contributed by atoms with Gasteiger partial charge in [0.15, 0.2) is 0 Å². The van der Waals surface area contributed by atoms with Crippen LogP contribution in [0.5, 0.6) is 0 Å². The lowest BCUT2D eigenvalue weighted by molar-refractivity contribution is -0.140. The van der Waals surface area contributed by atoms with Crippen LogP contribution in [-0.2, 0) is 9.53 Å². The summed E-state index contributed by atoms with van der Waals surface area (Å²) >= 11 is 0. The van der Waals surface area contributed by atoms with Crippen LogP contribution in [0.3, 0.4) is 0 Å². The van der Waals surface area contributed by atoms with Crippen molar-refractivity contribution in [3.8, 4) is 0 Å². The Hall–Kier alpha value is -2.71. The molecule has 8 nitrogen and oxygen atoms in total. The summed E-state index contributed by atoms with van der Waals surface area (Å²) in [5.74, 6) is 0.00479. The first kappa shape index (κ1) is 18.1. The first-order chi connectivity index (χ1) is 12.5. The zero-order chi connectivity index (χ0) is 18.6. The van der Waals surface area contributed by atoms with Gasteiger partial charge in [-0.2, -0.15) is 0 Å². The summed E-state index contributed by atoms with van der Waals surface area (Å²) in [6.07, 6.45) is 2.63. The van der Waals surface area contributed by atoms with Gasteiger partial charge in [0.1, 0.15) is 16.9 Å². The highest BCUT2D eigenvalue weighted by Gasteiger charge is 2.39. The predicted octanol–water partition coefficient (Wildman–Crippen LogP) is 1.94. The van der Waals surface area contributed by atoms with Crippen molar-refractivity contribution in [2.45, 2.75) is 25.4 Å². The maximum Gasteiger partial charge on any atom is 0.260 e. The van der Waals surface area contributed by atoms with Gasteiger partial charge in [-0.25, -0.2) is 0 Å². The number of benzene rings is 1. The lowest BCUT2D eigenvalue weighted by Gasteiger charge is -2.34. The van der Waals surface area contributed by atoms with Crippen LogP contribution in [0.15, 0.2) is 35.0 Å². The Bertz CT molecular complexity index is 779. The van der Waals surface area contributed by atoms with Crippen molar-refractivity contribution in [1.82, 2.24) is 10.5 Å². The van der Waals surface area contributed by atoms with Crippen molar-refractivity contribution in [3.63, 3.8) is 0 Å². The van der Waals surface area contributed by atoms with Crippen molar-refractivity contribution in [1.29, 1.82) is 0 Å². The summed E-state index contributed by atoms with van der Waals surface area (Å²) in [5.41, 5.74) is 0.834. The summed E-state index contributed by atoms with van der Waals surface area (Å²) in [6, 6.07) is 6.91. The molecule has 0 atom stereocenters. The molecule has 1 aromatic carbocycles. The second kappa shape index (κ2) is 7.67. The third-order valence-electron chi connectivity index (χ3n) is 4.61. The highest BCUT2D eigenvalue weighted by molar-refractivity contribution is 6.05.